The van der Waals surface area contributed by atoms with Gasteiger partial charge in [-0.25, -0.2) is 0 Å². The monoisotopic (exact) mass is 459 g/mol. The van der Waals surface area contributed by atoms with E-state index in [4.69, 9.17) is 9.47 Å². The minimum atomic E-state index is -0.599. The predicted octanol–water partition coefficient (Wildman–Crippen LogP) is 4.13. The Bertz CT molecular complexity index is 1150. The summed E-state index contributed by atoms with van der Waals surface area (Å²) in [6.07, 6.45) is 3.35. The number of hydrogen-bond acceptors (Lipinski definition) is 5. The third-order valence-electron chi connectivity index (χ3n) is 5.89. The first-order valence-corrected chi connectivity index (χ1v) is 11.4. The van der Waals surface area contributed by atoms with Crippen LogP contribution in [0.5, 0.6) is 11.5 Å². The van der Waals surface area contributed by atoms with E-state index in [1.165, 1.54) is 0 Å². The number of aromatic nitrogens is 1. The Morgan fingerprint density at radius 3 is 2.38 bits per heavy atom. The fourth-order valence-corrected chi connectivity index (χ4v) is 3.98. The zero-order valence-corrected chi connectivity index (χ0v) is 19.7. The van der Waals surface area contributed by atoms with Gasteiger partial charge in [0.05, 0.1) is 12.8 Å². The van der Waals surface area contributed by atoms with Crippen molar-refractivity contribution < 1.29 is 19.1 Å². The summed E-state index contributed by atoms with van der Waals surface area (Å²) < 4.78 is 11.1. The van der Waals surface area contributed by atoms with Gasteiger partial charge >= 0.3 is 0 Å². The molecular formula is C27H29N3O4. The van der Waals surface area contributed by atoms with Crippen molar-refractivity contribution in [3.63, 3.8) is 0 Å². The zero-order valence-electron chi connectivity index (χ0n) is 19.7. The molecule has 4 rings (SSSR count). The van der Waals surface area contributed by atoms with Crippen LogP contribution in [0.1, 0.15) is 30.0 Å². The number of hydrogen-bond donors (Lipinski definition) is 0. The van der Waals surface area contributed by atoms with Crippen LogP contribution >= 0.6 is 0 Å². The van der Waals surface area contributed by atoms with Crippen molar-refractivity contribution in [1.82, 2.24) is 9.88 Å². The van der Waals surface area contributed by atoms with E-state index in [0.717, 1.165) is 22.4 Å². The number of anilines is 1. The number of aryl methyl sites for hydroxylation is 1. The number of methoxy groups -OCH3 is 1. The highest BCUT2D eigenvalue weighted by Gasteiger charge is 2.35. The van der Waals surface area contributed by atoms with Gasteiger partial charge in [0.2, 0.25) is 5.91 Å². The van der Waals surface area contributed by atoms with E-state index >= 15 is 0 Å². The highest BCUT2D eigenvalue weighted by atomic mass is 16.5. The van der Waals surface area contributed by atoms with Crippen LogP contribution in [-0.2, 0) is 22.7 Å². The maximum atomic E-state index is 13.6. The molecule has 0 saturated heterocycles. The van der Waals surface area contributed by atoms with Crippen LogP contribution in [0.15, 0.2) is 67.0 Å². The van der Waals surface area contributed by atoms with Gasteiger partial charge in [0, 0.05) is 25.5 Å². The van der Waals surface area contributed by atoms with Crippen LogP contribution in [0.2, 0.25) is 0 Å². The smallest absolute Gasteiger partial charge is 0.268 e. The van der Waals surface area contributed by atoms with Crippen molar-refractivity contribution in [2.24, 2.45) is 0 Å². The molecule has 1 aliphatic rings. The van der Waals surface area contributed by atoms with Crippen molar-refractivity contribution in [3.05, 3.63) is 83.7 Å². The molecule has 2 amide bonds. The number of benzene rings is 2. The molecule has 0 bridgehead atoms. The summed E-state index contributed by atoms with van der Waals surface area (Å²) >= 11 is 0. The van der Waals surface area contributed by atoms with Crippen LogP contribution in [-0.4, -0.2) is 41.5 Å². The summed E-state index contributed by atoms with van der Waals surface area (Å²) in [5.41, 5.74) is 3.57. The lowest BCUT2D eigenvalue weighted by atomic mass is 10.1. The molecular weight excluding hydrogens is 430 g/mol. The van der Waals surface area contributed by atoms with Crippen LogP contribution in [0, 0.1) is 6.92 Å². The summed E-state index contributed by atoms with van der Waals surface area (Å²) in [6.45, 7) is 4.61. The maximum Gasteiger partial charge on any atom is 0.268 e. The molecule has 7 nitrogen and oxygen atoms in total. The zero-order chi connectivity index (χ0) is 24.1. The van der Waals surface area contributed by atoms with Gasteiger partial charge in [0.25, 0.3) is 5.91 Å². The SMILES string of the molecule is CC[C@@H]1Oc2ccc(C)cc2N(CC(=O)N(Cc2ccncc2)Cc2ccc(OC)cc2)C1=O. The van der Waals surface area contributed by atoms with Crippen molar-refractivity contribution >= 4 is 17.5 Å². The van der Waals surface area contributed by atoms with Crippen molar-refractivity contribution in [1.29, 1.82) is 0 Å². The van der Waals surface area contributed by atoms with Gasteiger partial charge in [-0.05, 0) is 66.4 Å². The number of ether oxygens (including phenoxy) is 2. The fourth-order valence-electron chi connectivity index (χ4n) is 3.98. The molecule has 2 aromatic carbocycles. The van der Waals surface area contributed by atoms with Gasteiger partial charge in [-0.15, -0.1) is 0 Å². The number of carbonyl (C=O) groups excluding carboxylic acids is 2. The predicted molar refractivity (Wildman–Crippen MR) is 130 cm³/mol. The van der Waals surface area contributed by atoms with Gasteiger partial charge in [0.15, 0.2) is 6.10 Å². The second-order valence-electron chi connectivity index (χ2n) is 8.36. The summed E-state index contributed by atoms with van der Waals surface area (Å²) in [5.74, 6) is 1.04. The van der Waals surface area contributed by atoms with E-state index in [9.17, 15) is 9.59 Å². The Labute approximate surface area is 199 Å². The lowest BCUT2D eigenvalue weighted by Crippen LogP contribution is -2.50. The van der Waals surface area contributed by atoms with Crippen LogP contribution in [0.4, 0.5) is 5.69 Å². The summed E-state index contributed by atoms with van der Waals surface area (Å²) in [5, 5.41) is 0. The molecule has 176 valence electrons. The molecule has 0 N–H and O–H groups in total. The molecule has 7 heteroatoms. The Balaban J connectivity index is 1.61. The second kappa shape index (κ2) is 10.4. The Morgan fingerprint density at radius 2 is 1.74 bits per heavy atom. The average molecular weight is 460 g/mol. The van der Waals surface area contributed by atoms with E-state index in [-0.39, 0.29) is 18.4 Å². The highest BCUT2D eigenvalue weighted by molar-refractivity contribution is 6.03. The number of fused-ring (bicyclic) bond motifs is 1. The number of rotatable bonds is 8. The first-order valence-electron chi connectivity index (χ1n) is 11.4. The molecule has 0 fully saturated rings. The summed E-state index contributed by atoms with van der Waals surface area (Å²) in [4.78, 5) is 34.2. The molecule has 0 spiro atoms. The molecule has 1 aromatic heterocycles. The molecule has 3 aromatic rings. The van der Waals surface area contributed by atoms with Gasteiger partial charge < -0.3 is 14.4 Å². The molecule has 2 heterocycles. The Morgan fingerprint density at radius 1 is 1.06 bits per heavy atom. The lowest BCUT2D eigenvalue weighted by molar-refractivity contribution is -0.134. The summed E-state index contributed by atoms with van der Waals surface area (Å²) in [6, 6.07) is 17.1. The average Bonchev–Trinajstić information content (AvgIpc) is 2.86. The molecule has 1 atom stereocenters. The van der Waals surface area contributed by atoms with Crippen LogP contribution in [0.25, 0.3) is 0 Å². The standard InChI is InChI=1S/C27H29N3O4/c1-4-24-27(32)30(23-15-19(2)5-10-25(23)34-24)18-26(31)29(17-21-11-13-28-14-12-21)16-20-6-8-22(33-3)9-7-20/h5-15,24H,4,16-18H2,1-3H3/t24-/m0/s1. The minimum absolute atomic E-state index is 0.0591. The maximum absolute atomic E-state index is 13.6. The topological polar surface area (TPSA) is 72.0 Å². The first-order chi connectivity index (χ1) is 16.5. The van der Waals surface area contributed by atoms with Gasteiger partial charge in [0.1, 0.15) is 18.0 Å². The van der Waals surface area contributed by atoms with Crippen molar-refractivity contribution in [2.75, 3.05) is 18.6 Å². The highest BCUT2D eigenvalue weighted by Crippen LogP contribution is 2.35. The summed E-state index contributed by atoms with van der Waals surface area (Å²) in [7, 11) is 1.62. The van der Waals surface area contributed by atoms with E-state index in [1.807, 2.05) is 68.4 Å². The largest absolute Gasteiger partial charge is 0.497 e. The molecule has 1 aliphatic heterocycles. The minimum Gasteiger partial charge on any atom is -0.497 e. The van der Waals surface area contributed by atoms with Crippen LogP contribution < -0.4 is 14.4 Å². The lowest BCUT2D eigenvalue weighted by Gasteiger charge is -2.35. The Hall–Kier alpha value is -3.87. The molecule has 0 aliphatic carbocycles. The number of carbonyl (C=O) groups is 2. The first kappa shape index (κ1) is 23.3. The normalized spacial score (nSPS) is 14.9. The molecule has 0 unspecified atom stereocenters. The molecule has 0 saturated carbocycles. The molecule has 34 heavy (non-hydrogen) atoms. The number of pyridine rings is 1. The van der Waals surface area contributed by atoms with Crippen molar-refractivity contribution in [3.8, 4) is 11.5 Å². The van der Waals surface area contributed by atoms with Crippen LogP contribution in [0.3, 0.4) is 0 Å². The van der Waals surface area contributed by atoms with E-state index < -0.39 is 6.10 Å². The number of nitrogens with zero attached hydrogens (tertiary/aromatic N) is 3. The van der Waals surface area contributed by atoms with Crippen molar-refractivity contribution in [2.45, 2.75) is 39.5 Å². The second-order valence-corrected chi connectivity index (χ2v) is 8.36. The fraction of sp³-hybridized carbons (Fsp3) is 0.296. The van der Waals surface area contributed by atoms with Gasteiger partial charge in [-0.2, -0.15) is 0 Å². The number of amides is 2. The van der Waals surface area contributed by atoms with Gasteiger partial charge in [-0.1, -0.05) is 25.1 Å². The van der Waals surface area contributed by atoms with E-state index in [0.29, 0.717) is 30.9 Å². The third kappa shape index (κ3) is 5.20. The third-order valence-corrected chi connectivity index (χ3v) is 5.89. The van der Waals surface area contributed by atoms with Gasteiger partial charge in [-0.3, -0.25) is 19.5 Å². The van der Waals surface area contributed by atoms with E-state index in [2.05, 4.69) is 4.98 Å². The quantitative estimate of drug-likeness (QED) is 0.507. The molecule has 0 radical (unpaired) electrons. The Kier molecular flexibility index (Phi) is 7.11. The van der Waals surface area contributed by atoms with E-state index in [1.54, 1.807) is 29.3 Å².